The van der Waals surface area contributed by atoms with Crippen molar-refractivity contribution in [2.75, 3.05) is 11.9 Å². The van der Waals surface area contributed by atoms with Crippen molar-refractivity contribution in [3.8, 4) is 0 Å². The number of ketones is 1. The molecule has 3 aromatic rings. The van der Waals surface area contributed by atoms with Crippen molar-refractivity contribution < 1.29 is 23.6 Å². The number of primary amides is 1. The first kappa shape index (κ1) is 22.3. The smallest absolute Gasteiger partial charge is 0.323 e. The normalized spacial score (nSPS) is 15.6. The Kier molecular flexibility index (Phi) is 6.01. The number of benzene rings is 2. The van der Waals surface area contributed by atoms with E-state index in [1.54, 1.807) is 30.3 Å². The van der Waals surface area contributed by atoms with Gasteiger partial charge in [0, 0.05) is 30.1 Å². The zero-order valence-electron chi connectivity index (χ0n) is 17.2. The number of urea groups is 1. The minimum atomic E-state index is -1.07. The largest absolute Gasteiger partial charge is 0.351 e. The Labute approximate surface area is 192 Å². The second-order valence-corrected chi connectivity index (χ2v) is 7.92. The SMILES string of the molecule is NC(=O)n1cc(NC(=O)N2CC(=O)C[C@H]2C(=O)NCc2cccc(Cl)c2F)c2ccccc21. The van der Waals surface area contributed by atoms with Crippen LogP contribution in [0.3, 0.4) is 0 Å². The number of para-hydroxylation sites is 1. The van der Waals surface area contributed by atoms with Gasteiger partial charge in [0.2, 0.25) is 5.91 Å². The second kappa shape index (κ2) is 8.91. The van der Waals surface area contributed by atoms with E-state index in [0.717, 1.165) is 4.90 Å². The second-order valence-electron chi connectivity index (χ2n) is 7.52. The first-order valence-electron chi connectivity index (χ1n) is 9.96. The number of likely N-dealkylation sites (tertiary alicyclic amines) is 1. The Morgan fingerprint density at radius 2 is 1.91 bits per heavy atom. The Hall–Kier alpha value is -3.92. The van der Waals surface area contributed by atoms with E-state index >= 15 is 0 Å². The third-order valence-corrected chi connectivity index (χ3v) is 5.67. The van der Waals surface area contributed by atoms with E-state index in [0.29, 0.717) is 16.6 Å². The van der Waals surface area contributed by atoms with Gasteiger partial charge in [0.15, 0.2) is 5.78 Å². The summed E-state index contributed by atoms with van der Waals surface area (Å²) in [6.45, 7) is -0.415. The van der Waals surface area contributed by atoms with Crippen LogP contribution in [0, 0.1) is 5.82 Å². The summed E-state index contributed by atoms with van der Waals surface area (Å²) < 4.78 is 15.3. The Balaban J connectivity index is 1.51. The van der Waals surface area contributed by atoms with E-state index < -0.39 is 29.8 Å². The lowest BCUT2D eigenvalue weighted by molar-refractivity contribution is -0.125. The summed E-state index contributed by atoms with van der Waals surface area (Å²) in [6.07, 6.45) is 1.21. The van der Waals surface area contributed by atoms with E-state index in [1.807, 2.05) is 0 Å². The van der Waals surface area contributed by atoms with Gasteiger partial charge in [-0.2, -0.15) is 0 Å². The molecule has 0 spiro atoms. The Bertz CT molecular complexity index is 1290. The Morgan fingerprint density at radius 1 is 1.15 bits per heavy atom. The summed E-state index contributed by atoms with van der Waals surface area (Å²) in [5.41, 5.74) is 6.37. The molecular formula is C22H19ClFN5O4. The molecule has 0 aliphatic carbocycles. The summed E-state index contributed by atoms with van der Waals surface area (Å²) in [5.74, 6) is -1.55. The average Bonchev–Trinajstić information content (AvgIpc) is 3.36. The molecule has 0 radical (unpaired) electrons. The van der Waals surface area contributed by atoms with Crippen LogP contribution in [-0.4, -0.2) is 45.8 Å². The van der Waals surface area contributed by atoms with Gasteiger partial charge in [0.25, 0.3) is 0 Å². The molecule has 0 bridgehead atoms. The molecule has 170 valence electrons. The van der Waals surface area contributed by atoms with Gasteiger partial charge in [-0.15, -0.1) is 0 Å². The first-order chi connectivity index (χ1) is 15.8. The molecule has 1 aromatic heterocycles. The number of hydrogen-bond donors (Lipinski definition) is 3. The highest BCUT2D eigenvalue weighted by atomic mass is 35.5. The highest BCUT2D eigenvalue weighted by Crippen LogP contribution is 2.27. The molecule has 4 N–H and O–H groups in total. The number of rotatable bonds is 4. The highest BCUT2D eigenvalue weighted by Gasteiger charge is 2.39. The summed E-state index contributed by atoms with van der Waals surface area (Å²) >= 11 is 5.76. The van der Waals surface area contributed by atoms with Crippen molar-refractivity contribution >= 4 is 51.9 Å². The molecule has 4 amide bonds. The minimum absolute atomic E-state index is 0.0751. The quantitative estimate of drug-likeness (QED) is 0.540. The molecule has 1 atom stereocenters. The lowest BCUT2D eigenvalue weighted by Crippen LogP contribution is -2.47. The summed E-state index contributed by atoms with van der Waals surface area (Å²) in [6, 6.07) is 8.74. The van der Waals surface area contributed by atoms with Crippen LogP contribution in [0.1, 0.15) is 12.0 Å². The van der Waals surface area contributed by atoms with Crippen LogP contribution < -0.4 is 16.4 Å². The molecule has 0 unspecified atom stereocenters. The van der Waals surface area contributed by atoms with Crippen molar-refractivity contribution in [2.45, 2.75) is 19.0 Å². The molecule has 1 fully saturated rings. The monoisotopic (exact) mass is 471 g/mol. The van der Waals surface area contributed by atoms with Crippen LogP contribution in [0.5, 0.6) is 0 Å². The Morgan fingerprint density at radius 3 is 2.67 bits per heavy atom. The van der Waals surface area contributed by atoms with Crippen molar-refractivity contribution in [2.24, 2.45) is 5.73 Å². The molecule has 33 heavy (non-hydrogen) atoms. The number of fused-ring (bicyclic) bond motifs is 1. The van der Waals surface area contributed by atoms with Crippen LogP contribution in [0.25, 0.3) is 10.9 Å². The molecule has 9 nitrogen and oxygen atoms in total. The van der Waals surface area contributed by atoms with Crippen molar-refractivity contribution in [1.82, 2.24) is 14.8 Å². The maximum atomic E-state index is 14.1. The van der Waals surface area contributed by atoms with Gasteiger partial charge in [-0.1, -0.05) is 41.9 Å². The molecule has 11 heteroatoms. The fourth-order valence-electron chi connectivity index (χ4n) is 3.77. The number of carbonyl (C=O) groups is 4. The van der Waals surface area contributed by atoms with Crippen LogP contribution >= 0.6 is 11.6 Å². The van der Waals surface area contributed by atoms with Crippen molar-refractivity contribution in [3.63, 3.8) is 0 Å². The van der Waals surface area contributed by atoms with Crippen molar-refractivity contribution in [1.29, 1.82) is 0 Å². The lowest BCUT2D eigenvalue weighted by Gasteiger charge is -2.23. The zero-order chi connectivity index (χ0) is 23.7. The predicted octanol–water partition coefficient (Wildman–Crippen LogP) is 2.85. The van der Waals surface area contributed by atoms with Gasteiger partial charge in [-0.25, -0.2) is 14.0 Å². The summed E-state index contributed by atoms with van der Waals surface area (Å²) in [7, 11) is 0. The summed E-state index contributed by atoms with van der Waals surface area (Å²) in [5, 5.41) is 5.68. The number of nitrogens with one attached hydrogen (secondary N) is 2. The molecular weight excluding hydrogens is 453 g/mol. The molecule has 4 rings (SSSR count). The number of hydrogen-bond acceptors (Lipinski definition) is 4. The highest BCUT2D eigenvalue weighted by molar-refractivity contribution is 6.30. The summed E-state index contributed by atoms with van der Waals surface area (Å²) in [4.78, 5) is 50.6. The number of nitrogens with two attached hydrogens (primary N) is 1. The number of Topliss-reactive ketones (excluding diaryl/α,β-unsaturated/α-hetero) is 1. The van der Waals surface area contributed by atoms with Crippen molar-refractivity contribution in [3.05, 3.63) is 65.1 Å². The van der Waals surface area contributed by atoms with Crippen LogP contribution in [0.4, 0.5) is 19.7 Å². The molecule has 1 saturated heterocycles. The topological polar surface area (TPSA) is 127 Å². The fraction of sp³-hybridized carbons (Fsp3) is 0.182. The number of anilines is 1. The number of nitrogens with zero attached hydrogens (tertiary/aromatic N) is 2. The predicted molar refractivity (Wildman–Crippen MR) is 119 cm³/mol. The van der Waals surface area contributed by atoms with Gasteiger partial charge >= 0.3 is 12.1 Å². The standard InChI is InChI=1S/C22H19ClFN5O4/c23-15-6-3-4-12(19(15)24)9-26-20(31)18-8-13(30)10-29(18)22(33)27-16-11-28(21(25)32)17-7-2-1-5-14(16)17/h1-7,11,18H,8-10H2,(H2,25,32)(H,26,31)(H,27,33)/t18-/m0/s1. The van der Waals surface area contributed by atoms with Crippen LogP contribution in [0.15, 0.2) is 48.7 Å². The molecule has 2 heterocycles. The van der Waals surface area contributed by atoms with Crippen LogP contribution in [-0.2, 0) is 16.1 Å². The van der Waals surface area contributed by atoms with E-state index in [-0.39, 0.29) is 35.9 Å². The third kappa shape index (κ3) is 4.37. The number of amides is 4. The van der Waals surface area contributed by atoms with E-state index in [4.69, 9.17) is 17.3 Å². The molecule has 1 aliphatic rings. The molecule has 0 saturated carbocycles. The van der Waals surface area contributed by atoms with E-state index in [2.05, 4.69) is 10.6 Å². The lowest BCUT2D eigenvalue weighted by atomic mass is 10.1. The fourth-order valence-corrected chi connectivity index (χ4v) is 3.97. The molecule has 2 aromatic carbocycles. The third-order valence-electron chi connectivity index (χ3n) is 5.38. The van der Waals surface area contributed by atoms with Gasteiger partial charge < -0.3 is 21.3 Å². The van der Waals surface area contributed by atoms with Gasteiger partial charge in [-0.05, 0) is 12.1 Å². The van der Waals surface area contributed by atoms with Gasteiger partial charge in [0.05, 0.1) is 22.8 Å². The first-order valence-corrected chi connectivity index (χ1v) is 10.3. The molecule has 1 aliphatic heterocycles. The van der Waals surface area contributed by atoms with Gasteiger partial charge in [0.1, 0.15) is 11.9 Å². The zero-order valence-corrected chi connectivity index (χ0v) is 17.9. The average molecular weight is 472 g/mol. The number of halogens is 2. The maximum absolute atomic E-state index is 14.1. The number of aromatic nitrogens is 1. The van der Waals surface area contributed by atoms with Crippen LogP contribution in [0.2, 0.25) is 5.02 Å². The van der Waals surface area contributed by atoms with E-state index in [9.17, 15) is 23.6 Å². The van der Waals surface area contributed by atoms with Gasteiger partial charge in [-0.3, -0.25) is 14.2 Å². The van der Waals surface area contributed by atoms with E-state index in [1.165, 1.54) is 22.9 Å². The number of carbonyl (C=O) groups excluding carboxylic acids is 4. The minimum Gasteiger partial charge on any atom is -0.351 e. The maximum Gasteiger partial charge on any atom is 0.323 e.